The van der Waals surface area contributed by atoms with Crippen LogP contribution < -0.4 is 5.32 Å². The Bertz CT molecular complexity index is 221. The van der Waals surface area contributed by atoms with E-state index in [2.05, 4.69) is 5.32 Å². The summed E-state index contributed by atoms with van der Waals surface area (Å²) in [4.78, 5) is 0. The molecule has 66 valence electrons. The summed E-state index contributed by atoms with van der Waals surface area (Å²) in [5.74, 6) is 0.531. The Hall–Kier alpha value is -0.0900. The lowest BCUT2D eigenvalue weighted by atomic mass is 10.1. The minimum atomic E-state index is -2.79. The van der Waals surface area contributed by atoms with Crippen molar-refractivity contribution in [1.82, 2.24) is 5.32 Å². The van der Waals surface area contributed by atoms with Crippen LogP contribution in [0.3, 0.4) is 0 Å². The lowest BCUT2D eigenvalue weighted by molar-refractivity contribution is 0.489. The molecule has 0 spiro atoms. The summed E-state index contributed by atoms with van der Waals surface area (Å²) in [7, 11) is -2.79. The largest absolute Gasteiger partial charge is 0.314 e. The predicted molar refractivity (Wildman–Crippen MR) is 45.3 cm³/mol. The third-order valence-corrected chi connectivity index (χ3v) is 4.52. The van der Waals surface area contributed by atoms with E-state index in [9.17, 15) is 8.42 Å². The maximum atomic E-state index is 11.4. The molecule has 1 heterocycles. The molecule has 11 heavy (non-hydrogen) atoms. The molecular weight excluding hydrogens is 162 g/mol. The molecule has 1 aliphatic heterocycles. The Morgan fingerprint density at radius 3 is 2.45 bits per heavy atom. The first-order chi connectivity index (χ1) is 5.04. The molecule has 0 aliphatic carbocycles. The van der Waals surface area contributed by atoms with Gasteiger partial charge in [0.05, 0.1) is 11.0 Å². The van der Waals surface area contributed by atoms with Crippen LogP contribution in [-0.2, 0) is 9.84 Å². The predicted octanol–water partition coefficient (Wildman–Crippen LogP) is 0.0290. The molecule has 1 atom stereocenters. The zero-order valence-corrected chi connectivity index (χ0v) is 7.82. The van der Waals surface area contributed by atoms with Crippen molar-refractivity contribution in [3.8, 4) is 0 Å². The summed E-state index contributed by atoms with van der Waals surface area (Å²) in [6.45, 7) is 5.15. The number of hydrogen-bond donors (Lipinski definition) is 1. The van der Waals surface area contributed by atoms with Crippen LogP contribution in [0.15, 0.2) is 0 Å². The highest BCUT2D eigenvalue weighted by Crippen LogP contribution is 2.14. The molecule has 4 heteroatoms. The maximum Gasteiger partial charge on any atom is 0.155 e. The second-order valence-electron chi connectivity index (χ2n) is 3.35. The van der Waals surface area contributed by atoms with E-state index in [1.54, 1.807) is 0 Å². The van der Waals surface area contributed by atoms with Gasteiger partial charge < -0.3 is 5.32 Å². The molecule has 0 saturated carbocycles. The molecule has 0 bridgehead atoms. The van der Waals surface area contributed by atoms with Crippen molar-refractivity contribution >= 4 is 9.84 Å². The van der Waals surface area contributed by atoms with E-state index in [-0.39, 0.29) is 11.2 Å². The van der Waals surface area contributed by atoms with Gasteiger partial charge in [-0.05, 0) is 5.92 Å². The Morgan fingerprint density at radius 1 is 1.45 bits per heavy atom. The van der Waals surface area contributed by atoms with Crippen molar-refractivity contribution in [2.75, 3.05) is 18.8 Å². The molecule has 1 unspecified atom stereocenters. The fourth-order valence-electron chi connectivity index (χ4n) is 1.39. The van der Waals surface area contributed by atoms with Gasteiger partial charge in [-0.15, -0.1) is 0 Å². The topological polar surface area (TPSA) is 46.2 Å². The van der Waals surface area contributed by atoms with E-state index in [0.717, 1.165) is 0 Å². The van der Waals surface area contributed by atoms with Crippen LogP contribution in [0.25, 0.3) is 0 Å². The molecule has 0 aromatic carbocycles. The summed E-state index contributed by atoms with van der Waals surface area (Å²) in [6.07, 6.45) is 0. The van der Waals surface area contributed by atoms with E-state index in [1.807, 2.05) is 13.8 Å². The lowest BCUT2D eigenvalue weighted by Gasteiger charge is -2.25. The molecular formula is C7H15NO2S. The van der Waals surface area contributed by atoms with Gasteiger partial charge in [-0.3, -0.25) is 0 Å². The van der Waals surface area contributed by atoms with E-state index in [1.165, 1.54) is 0 Å². The Balaban J connectivity index is 2.76. The summed E-state index contributed by atoms with van der Waals surface area (Å²) < 4.78 is 22.8. The van der Waals surface area contributed by atoms with Crippen molar-refractivity contribution in [2.45, 2.75) is 19.1 Å². The third-order valence-electron chi connectivity index (χ3n) is 2.11. The van der Waals surface area contributed by atoms with Crippen molar-refractivity contribution < 1.29 is 8.42 Å². The number of rotatable bonds is 1. The first-order valence-electron chi connectivity index (χ1n) is 3.96. The monoisotopic (exact) mass is 177 g/mol. The molecule has 1 saturated heterocycles. The van der Waals surface area contributed by atoms with Gasteiger partial charge in [0.25, 0.3) is 0 Å². The standard InChI is InChI=1S/C7H15NO2S/c1-6(2)7-5-8-3-4-11(7,9)10/h6-8H,3-5H2,1-2H3. The average Bonchev–Trinajstić information content (AvgIpc) is 1.85. The zero-order valence-electron chi connectivity index (χ0n) is 7.00. The Kier molecular flexibility index (Phi) is 2.54. The molecule has 1 aliphatic rings. The second kappa shape index (κ2) is 3.11. The van der Waals surface area contributed by atoms with Crippen molar-refractivity contribution in [1.29, 1.82) is 0 Å². The van der Waals surface area contributed by atoms with Crippen molar-refractivity contribution in [2.24, 2.45) is 5.92 Å². The molecule has 0 amide bonds. The van der Waals surface area contributed by atoms with Crippen LogP contribution in [0.1, 0.15) is 13.8 Å². The molecule has 0 aromatic heterocycles. The van der Waals surface area contributed by atoms with Crippen LogP contribution in [-0.4, -0.2) is 32.5 Å². The number of hydrogen-bond acceptors (Lipinski definition) is 3. The van der Waals surface area contributed by atoms with Crippen LogP contribution in [0.2, 0.25) is 0 Å². The summed E-state index contributed by atoms with van der Waals surface area (Å²) >= 11 is 0. The highest BCUT2D eigenvalue weighted by atomic mass is 32.2. The first-order valence-corrected chi connectivity index (χ1v) is 5.68. The molecule has 1 fully saturated rings. The molecule has 0 aromatic rings. The number of nitrogens with one attached hydrogen (secondary N) is 1. The SMILES string of the molecule is CC(C)C1CNCCS1(=O)=O. The fourth-order valence-corrected chi connectivity index (χ4v) is 3.32. The first kappa shape index (κ1) is 9.00. The van der Waals surface area contributed by atoms with Gasteiger partial charge >= 0.3 is 0 Å². The Labute approximate surface area is 68.1 Å². The quantitative estimate of drug-likeness (QED) is 0.614. The average molecular weight is 177 g/mol. The molecule has 1 N–H and O–H groups in total. The summed E-state index contributed by atoms with van der Waals surface area (Å²) in [5, 5.41) is 2.92. The van der Waals surface area contributed by atoms with Gasteiger partial charge in [0.15, 0.2) is 9.84 Å². The summed E-state index contributed by atoms with van der Waals surface area (Å²) in [6, 6.07) is 0. The molecule has 1 rings (SSSR count). The lowest BCUT2D eigenvalue weighted by Crippen LogP contribution is -2.46. The molecule has 0 radical (unpaired) electrons. The third kappa shape index (κ3) is 1.93. The number of sulfone groups is 1. The van der Waals surface area contributed by atoms with Crippen molar-refractivity contribution in [3.63, 3.8) is 0 Å². The minimum Gasteiger partial charge on any atom is -0.314 e. The van der Waals surface area contributed by atoms with Gasteiger partial charge in [-0.1, -0.05) is 13.8 Å². The summed E-state index contributed by atoms with van der Waals surface area (Å²) in [5.41, 5.74) is 0. The normalized spacial score (nSPS) is 30.6. The van der Waals surface area contributed by atoms with Crippen LogP contribution in [0.5, 0.6) is 0 Å². The van der Waals surface area contributed by atoms with Gasteiger partial charge in [0, 0.05) is 13.1 Å². The van der Waals surface area contributed by atoms with Crippen LogP contribution in [0.4, 0.5) is 0 Å². The van der Waals surface area contributed by atoms with Crippen molar-refractivity contribution in [3.05, 3.63) is 0 Å². The minimum absolute atomic E-state index is 0.170. The molecule has 3 nitrogen and oxygen atoms in total. The van der Waals surface area contributed by atoms with E-state index < -0.39 is 9.84 Å². The van der Waals surface area contributed by atoms with E-state index in [4.69, 9.17) is 0 Å². The van der Waals surface area contributed by atoms with Crippen LogP contribution in [0, 0.1) is 5.92 Å². The van der Waals surface area contributed by atoms with Crippen LogP contribution >= 0.6 is 0 Å². The Morgan fingerprint density at radius 2 is 2.09 bits per heavy atom. The van der Waals surface area contributed by atoms with E-state index >= 15 is 0 Å². The maximum absolute atomic E-state index is 11.4. The highest BCUT2D eigenvalue weighted by molar-refractivity contribution is 7.92. The fraction of sp³-hybridized carbons (Fsp3) is 1.00. The van der Waals surface area contributed by atoms with Gasteiger partial charge in [-0.2, -0.15) is 0 Å². The second-order valence-corrected chi connectivity index (χ2v) is 5.69. The highest BCUT2D eigenvalue weighted by Gasteiger charge is 2.30. The van der Waals surface area contributed by atoms with Gasteiger partial charge in [0.1, 0.15) is 0 Å². The zero-order chi connectivity index (χ0) is 8.48. The van der Waals surface area contributed by atoms with Gasteiger partial charge in [-0.25, -0.2) is 8.42 Å². The smallest absolute Gasteiger partial charge is 0.155 e. The van der Waals surface area contributed by atoms with Gasteiger partial charge in [0.2, 0.25) is 0 Å². The van der Waals surface area contributed by atoms with E-state index in [0.29, 0.717) is 18.8 Å².